The van der Waals surface area contributed by atoms with Gasteiger partial charge in [0.1, 0.15) is 11.9 Å². The number of carboxylic acids is 1. The van der Waals surface area contributed by atoms with Crippen LogP contribution in [0.1, 0.15) is 30.9 Å². The third-order valence-electron chi connectivity index (χ3n) is 6.12. The largest absolute Gasteiger partial charge is 0.480 e. The topological polar surface area (TPSA) is 119 Å². The molecule has 3 aromatic rings. The Balaban J connectivity index is 0.00000324. The van der Waals surface area contributed by atoms with Crippen LogP contribution >= 0.6 is 12.4 Å². The van der Waals surface area contributed by atoms with Crippen molar-refractivity contribution in [1.82, 2.24) is 19.4 Å². The minimum Gasteiger partial charge on any atom is -0.480 e. The molecule has 1 fully saturated rings. The Morgan fingerprint density at radius 1 is 1.35 bits per heavy atom. The van der Waals surface area contributed by atoms with E-state index in [9.17, 15) is 19.8 Å². The van der Waals surface area contributed by atoms with Gasteiger partial charge in [0.05, 0.1) is 29.8 Å². The fourth-order valence-corrected chi connectivity index (χ4v) is 4.37. The summed E-state index contributed by atoms with van der Waals surface area (Å²) in [5.41, 5.74) is 4.04. The number of hydrogen-bond acceptors (Lipinski definition) is 6. The molecule has 10 heteroatoms. The lowest BCUT2D eigenvalue weighted by Crippen LogP contribution is -2.44. The third-order valence-corrected chi connectivity index (χ3v) is 6.12. The maximum atomic E-state index is 12.2. The summed E-state index contributed by atoms with van der Waals surface area (Å²) in [7, 11) is 1.73. The van der Waals surface area contributed by atoms with E-state index in [1.165, 1.54) is 6.92 Å². The number of aryl methyl sites for hydroxylation is 2. The normalized spacial score (nSPS) is 17.5. The second-order valence-corrected chi connectivity index (χ2v) is 8.77. The quantitative estimate of drug-likeness (QED) is 0.443. The van der Waals surface area contributed by atoms with Gasteiger partial charge in [-0.3, -0.25) is 14.9 Å². The molecule has 0 radical (unpaired) electrons. The number of ether oxygens (including phenoxy) is 1. The van der Waals surface area contributed by atoms with Crippen molar-refractivity contribution in [3.05, 3.63) is 51.9 Å². The predicted octanol–water partition coefficient (Wildman–Crippen LogP) is 2.23. The Morgan fingerprint density at radius 2 is 2.12 bits per heavy atom. The van der Waals surface area contributed by atoms with E-state index < -0.39 is 18.1 Å². The maximum absolute atomic E-state index is 12.2. The first-order valence-electron chi connectivity index (χ1n) is 11.2. The first kappa shape index (κ1) is 25.9. The van der Waals surface area contributed by atoms with Gasteiger partial charge in [0.25, 0.3) is 5.56 Å². The molecule has 4 rings (SSSR count). The fourth-order valence-electron chi connectivity index (χ4n) is 4.37. The van der Waals surface area contributed by atoms with Crippen LogP contribution in [0.5, 0.6) is 0 Å². The van der Waals surface area contributed by atoms with Gasteiger partial charge in [-0.15, -0.1) is 12.4 Å². The number of rotatable bonds is 8. The summed E-state index contributed by atoms with van der Waals surface area (Å²) in [6, 6.07) is 6.64. The number of aliphatic hydroxyl groups is 1. The molecule has 0 bridgehead atoms. The van der Waals surface area contributed by atoms with E-state index in [0.717, 1.165) is 47.4 Å². The van der Waals surface area contributed by atoms with E-state index in [0.29, 0.717) is 12.1 Å². The molecular weight excluding hydrogens is 460 g/mol. The first-order valence-corrected chi connectivity index (χ1v) is 11.2. The molecule has 0 spiro atoms. The van der Waals surface area contributed by atoms with E-state index >= 15 is 0 Å². The summed E-state index contributed by atoms with van der Waals surface area (Å²) in [6.45, 7) is 4.95. The van der Waals surface area contributed by atoms with Crippen LogP contribution < -0.4 is 10.9 Å². The molecule has 2 aromatic heterocycles. The smallest absolute Gasteiger partial charge is 0.323 e. The molecule has 9 nitrogen and oxygen atoms in total. The summed E-state index contributed by atoms with van der Waals surface area (Å²) in [5, 5.41) is 21.9. The number of nitrogens with one attached hydrogen (secondary N) is 1. The van der Waals surface area contributed by atoms with E-state index in [1.54, 1.807) is 24.7 Å². The summed E-state index contributed by atoms with van der Waals surface area (Å²) < 4.78 is 9.58. The van der Waals surface area contributed by atoms with Gasteiger partial charge in [-0.1, -0.05) is 6.07 Å². The molecule has 0 saturated carbocycles. The third kappa shape index (κ3) is 5.33. The monoisotopic (exact) mass is 490 g/mol. The zero-order valence-electron chi connectivity index (χ0n) is 19.5. The first-order chi connectivity index (χ1) is 15.7. The van der Waals surface area contributed by atoms with Gasteiger partial charge < -0.3 is 24.1 Å². The average molecular weight is 491 g/mol. The number of nitrogens with zero attached hydrogens (tertiary/aromatic N) is 3. The molecule has 3 heterocycles. The van der Waals surface area contributed by atoms with Gasteiger partial charge in [0.2, 0.25) is 0 Å². The summed E-state index contributed by atoms with van der Waals surface area (Å²) >= 11 is 0. The van der Waals surface area contributed by atoms with Crippen molar-refractivity contribution in [2.45, 2.75) is 58.0 Å². The van der Waals surface area contributed by atoms with Crippen molar-refractivity contribution >= 4 is 29.4 Å². The highest BCUT2D eigenvalue weighted by Crippen LogP contribution is 2.28. The summed E-state index contributed by atoms with van der Waals surface area (Å²) in [6.07, 6.45) is 2.92. The van der Waals surface area contributed by atoms with Crippen LogP contribution in [-0.4, -0.2) is 55.2 Å². The molecular formula is C24H31ClN4O5. The van der Waals surface area contributed by atoms with Gasteiger partial charge >= 0.3 is 5.97 Å². The van der Waals surface area contributed by atoms with E-state index in [4.69, 9.17) is 9.72 Å². The number of halogens is 1. The van der Waals surface area contributed by atoms with Crippen molar-refractivity contribution in [3.8, 4) is 11.4 Å². The maximum Gasteiger partial charge on any atom is 0.323 e. The van der Waals surface area contributed by atoms with Crippen LogP contribution in [0.3, 0.4) is 0 Å². The van der Waals surface area contributed by atoms with Crippen molar-refractivity contribution < 1.29 is 19.7 Å². The second kappa shape index (κ2) is 10.7. The summed E-state index contributed by atoms with van der Waals surface area (Å²) in [5.74, 6) is -0.337. The number of aliphatic carboxylic acids is 1. The van der Waals surface area contributed by atoms with Crippen LogP contribution in [0.2, 0.25) is 0 Å². The Hall–Kier alpha value is -2.72. The van der Waals surface area contributed by atoms with Gasteiger partial charge in [0, 0.05) is 37.5 Å². The highest BCUT2D eigenvalue weighted by atomic mass is 35.5. The lowest BCUT2D eigenvalue weighted by Gasteiger charge is -2.17. The minimum atomic E-state index is -1.10. The van der Waals surface area contributed by atoms with Gasteiger partial charge in [0.15, 0.2) is 0 Å². The fraction of sp³-hybridized carbons (Fsp3) is 0.458. The van der Waals surface area contributed by atoms with Crippen molar-refractivity contribution in [2.24, 2.45) is 7.05 Å². The van der Waals surface area contributed by atoms with Crippen LogP contribution in [0.15, 0.2) is 35.3 Å². The van der Waals surface area contributed by atoms with E-state index in [-0.39, 0.29) is 30.6 Å². The molecule has 1 aliphatic heterocycles. The number of benzene rings is 1. The molecule has 3 N–H and O–H groups in total. The molecule has 1 aromatic carbocycles. The van der Waals surface area contributed by atoms with Crippen LogP contribution in [-0.2, 0) is 29.7 Å². The van der Waals surface area contributed by atoms with Gasteiger partial charge in [-0.2, -0.15) is 0 Å². The zero-order chi connectivity index (χ0) is 23.7. The lowest BCUT2D eigenvalue weighted by atomic mass is 10.1. The molecule has 2 unspecified atom stereocenters. The number of hydrogen-bond donors (Lipinski definition) is 3. The van der Waals surface area contributed by atoms with Gasteiger partial charge in [-0.05, 0) is 50.5 Å². The SMILES string of the molecule is Cc1cc(-c2nc3cc(CNC(C(=O)O)C(C)O)ccc3n2C[C@@H]2CCCO2)cn(C)c1=O.Cl. The average Bonchev–Trinajstić information content (AvgIpc) is 3.39. The Labute approximate surface area is 203 Å². The highest BCUT2D eigenvalue weighted by molar-refractivity contribution is 5.85. The van der Waals surface area contributed by atoms with Crippen molar-refractivity contribution in [2.75, 3.05) is 6.61 Å². The van der Waals surface area contributed by atoms with Crippen LogP contribution in [0.4, 0.5) is 0 Å². The second-order valence-electron chi connectivity index (χ2n) is 8.77. The Kier molecular flexibility index (Phi) is 8.14. The number of aromatic nitrogens is 3. The number of fused-ring (bicyclic) bond motifs is 1. The molecule has 0 amide bonds. The van der Waals surface area contributed by atoms with E-state index in [2.05, 4.69) is 9.88 Å². The number of carboxylic acid groups (broad SMARTS) is 1. The minimum absolute atomic E-state index is 0. The zero-order valence-corrected chi connectivity index (χ0v) is 20.3. The summed E-state index contributed by atoms with van der Waals surface area (Å²) in [4.78, 5) is 28.4. The lowest BCUT2D eigenvalue weighted by molar-refractivity contribution is -0.142. The molecule has 1 aliphatic rings. The number of pyridine rings is 1. The van der Waals surface area contributed by atoms with E-state index in [1.807, 2.05) is 24.3 Å². The van der Waals surface area contributed by atoms with Crippen LogP contribution in [0, 0.1) is 6.92 Å². The molecule has 0 aliphatic carbocycles. The van der Waals surface area contributed by atoms with Crippen molar-refractivity contribution in [1.29, 1.82) is 0 Å². The Bertz CT molecular complexity index is 1200. The van der Waals surface area contributed by atoms with Crippen molar-refractivity contribution in [3.63, 3.8) is 0 Å². The predicted molar refractivity (Wildman–Crippen MR) is 131 cm³/mol. The molecule has 184 valence electrons. The molecule has 34 heavy (non-hydrogen) atoms. The number of carbonyl (C=O) groups is 1. The standard InChI is InChI=1S/C24H30N4O5.ClH/c1-14-9-17(12-27(3)23(14)30)22-26-19-10-16(11-25-21(15(2)29)24(31)32)6-7-20(19)28(22)13-18-5-4-8-33-18;/h6-7,9-10,12,15,18,21,25,29H,4-5,8,11,13H2,1-3H3,(H,31,32);1H/t15?,18-,21?;/m0./s1. The Morgan fingerprint density at radius 3 is 2.74 bits per heavy atom. The number of imidazole rings is 1. The number of aliphatic hydroxyl groups excluding tert-OH is 1. The van der Waals surface area contributed by atoms with Crippen LogP contribution in [0.25, 0.3) is 22.4 Å². The molecule has 3 atom stereocenters. The highest BCUT2D eigenvalue weighted by Gasteiger charge is 2.23. The van der Waals surface area contributed by atoms with Gasteiger partial charge in [-0.25, -0.2) is 4.98 Å². The molecule has 1 saturated heterocycles.